The van der Waals surface area contributed by atoms with Gasteiger partial charge in [-0.1, -0.05) is 0 Å². The minimum atomic E-state index is -0.411. The molecule has 1 aliphatic rings. The molecular weight excluding hydrogens is 276 g/mol. The number of hydrogen-bond acceptors (Lipinski definition) is 6. The van der Waals surface area contributed by atoms with Gasteiger partial charge in [0.05, 0.1) is 17.4 Å². The molecule has 0 saturated carbocycles. The minimum Gasteiger partial charge on any atom is -0.466 e. The number of hydrogen-bond donors (Lipinski definition) is 0. The van der Waals surface area contributed by atoms with Crippen LogP contribution in [-0.2, 0) is 16.6 Å². The van der Waals surface area contributed by atoms with E-state index >= 15 is 0 Å². The first-order valence-corrected chi connectivity index (χ1v) is 7.05. The Kier molecular flexibility index (Phi) is 4.44. The van der Waals surface area contributed by atoms with Crippen molar-refractivity contribution in [2.75, 3.05) is 24.6 Å². The van der Waals surface area contributed by atoms with Gasteiger partial charge in [0.25, 0.3) is 0 Å². The molecule has 0 spiro atoms. The average molecular weight is 296 g/mol. The van der Waals surface area contributed by atoms with E-state index in [0.29, 0.717) is 31.2 Å². The summed E-state index contributed by atoms with van der Waals surface area (Å²) in [6, 6.07) is 0. The van der Waals surface area contributed by atoms with Gasteiger partial charge in [-0.15, -0.1) is 0 Å². The van der Waals surface area contributed by atoms with Crippen LogP contribution in [0.4, 0.5) is 11.5 Å². The van der Waals surface area contributed by atoms with Crippen molar-refractivity contribution in [2.45, 2.75) is 26.7 Å². The highest BCUT2D eigenvalue weighted by Crippen LogP contribution is 2.33. The smallest absolute Gasteiger partial charge is 0.333 e. The van der Waals surface area contributed by atoms with E-state index in [1.807, 2.05) is 4.90 Å². The highest BCUT2D eigenvalue weighted by atomic mass is 16.6. The van der Waals surface area contributed by atoms with E-state index in [0.717, 1.165) is 12.8 Å². The molecular formula is C13H20N4O4. The lowest BCUT2D eigenvalue weighted by Crippen LogP contribution is -2.40. The van der Waals surface area contributed by atoms with Gasteiger partial charge >= 0.3 is 11.7 Å². The van der Waals surface area contributed by atoms with Gasteiger partial charge in [-0.2, -0.15) is 5.10 Å². The number of rotatable bonds is 4. The van der Waals surface area contributed by atoms with Crippen LogP contribution in [-0.4, -0.2) is 40.4 Å². The Morgan fingerprint density at radius 1 is 1.57 bits per heavy atom. The Hall–Kier alpha value is -2.12. The molecule has 1 aromatic rings. The van der Waals surface area contributed by atoms with Gasteiger partial charge in [0.15, 0.2) is 0 Å². The predicted octanol–water partition coefficient (Wildman–Crippen LogP) is 1.42. The van der Waals surface area contributed by atoms with Gasteiger partial charge in [0.2, 0.25) is 5.82 Å². The number of carbonyl (C=O) groups excluding carboxylic acids is 1. The van der Waals surface area contributed by atoms with Gasteiger partial charge in [0, 0.05) is 20.1 Å². The number of carbonyl (C=O) groups is 1. The third-order valence-corrected chi connectivity index (χ3v) is 3.68. The molecule has 0 amide bonds. The summed E-state index contributed by atoms with van der Waals surface area (Å²) in [5.74, 6) is -0.0104. The number of piperidine rings is 1. The molecule has 2 rings (SSSR count). The number of ether oxygens (including phenoxy) is 1. The van der Waals surface area contributed by atoms with Crippen LogP contribution < -0.4 is 4.90 Å². The van der Waals surface area contributed by atoms with Crippen molar-refractivity contribution in [1.29, 1.82) is 0 Å². The molecule has 1 unspecified atom stereocenters. The maximum atomic E-state index is 11.9. The molecule has 0 aliphatic carbocycles. The maximum absolute atomic E-state index is 11.9. The molecule has 1 fully saturated rings. The van der Waals surface area contributed by atoms with Crippen molar-refractivity contribution in [2.24, 2.45) is 13.0 Å². The SMILES string of the molecule is CCOC(=O)C1CCCN(c2c([N+](=O)[O-])c(C)nn2C)C1. The fourth-order valence-corrected chi connectivity index (χ4v) is 2.83. The molecule has 21 heavy (non-hydrogen) atoms. The molecule has 1 atom stereocenters. The van der Waals surface area contributed by atoms with Crippen LogP contribution in [0.25, 0.3) is 0 Å². The quantitative estimate of drug-likeness (QED) is 0.474. The number of anilines is 1. The first kappa shape index (κ1) is 15.3. The first-order chi connectivity index (χ1) is 9.95. The zero-order valence-electron chi connectivity index (χ0n) is 12.5. The largest absolute Gasteiger partial charge is 0.466 e. The topological polar surface area (TPSA) is 90.5 Å². The summed E-state index contributed by atoms with van der Waals surface area (Å²) in [4.78, 5) is 24.6. The summed E-state index contributed by atoms with van der Waals surface area (Å²) in [6.07, 6.45) is 1.55. The Morgan fingerprint density at radius 3 is 2.90 bits per heavy atom. The Labute approximate surface area is 122 Å². The molecule has 1 aliphatic heterocycles. The van der Waals surface area contributed by atoms with Crippen LogP contribution in [0.15, 0.2) is 0 Å². The van der Waals surface area contributed by atoms with Crippen molar-refractivity contribution in [3.8, 4) is 0 Å². The Morgan fingerprint density at radius 2 is 2.29 bits per heavy atom. The number of nitrogens with zero attached hydrogens (tertiary/aromatic N) is 4. The van der Waals surface area contributed by atoms with Gasteiger partial charge in [0.1, 0.15) is 5.69 Å². The van der Waals surface area contributed by atoms with E-state index in [1.165, 1.54) is 4.68 Å². The van der Waals surface area contributed by atoms with Gasteiger partial charge < -0.3 is 9.64 Å². The molecule has 1 saturated heterocycles. The third-order valence-electron chi connectivity index (χ3n) is 3.68. The van der Waals surface area contributed by atoms with Gasteiger partial charge in [-0.25, -0.2) is 4.68 Å². The van der Waals surface area contributed by atoms with Gasteiger partial charge in [-0.3, -0.25) is 14.9 Å². The summed E-state index contributed by atoms with van der Waals surface area (Å²) in [7, 11) is 1.68. The summed E-state index contributed by atoms with van der Waals surface area (Å²) in [6.45, 7) is 4.84. The second-order valence-electron chi connectivity index (χ2n) is 5.18. The monoisotopic (exact) mass is 296 g/mol. The standard InChI is InChI=1S/C13H20N4O4/c1-4-21-13(18)10-6-5-7-16(8-10)12-11(17(19)20)9(2)14-15(12)3/h10H,4-8H2,1-3H3. The molecule has 0 bridgehead atoms. The summed E-state index contributed by atoms with van der Waals surface area (Å²) in [5, 5.41) is 15.4. The molecule has 2 heterocycles. The molecule has 0 N–H and O–H groups in total. The lowest BCUT2D eigenvalue weighted by molar-refractivity contribution is -0.384. The second-order valence-corrected chi connectivity index (χ2v) is 5.18. The van der Waals surface area contributed by atoms with Gasteiger partial charge in [-0.05, 0) is 26.7 Å². The van der Waals surface area contributed by atoms with E-state index in [1.54, 1.807) is 20.9 Å². The first-order valence-electron chi connectivity index (χ1n) is 7.05. The zero-order valence-corrected chi connectivity index (χ0v) is 12.5. The van der Waals surface area contributed by atoms with Crippen LogP contribution in [0, 0.1) is 23.0 Å². The van der Waals surface area contributed by atoms with Crippen LogP contribution in [0.5, 0.6) is 0 Å². The molecule has 0 aromatic carbocycles. The molecule has 8 nitrogen and oxygen atoms in total. The zero-order chi connectivity index (χ0) is 15.6. The van der Waals surface area contributed by atoms with Crippen LogP contribution >= 0.6 is 0 Å². The van der Waals surface area contributed by atoms with Crippen molar-refractivity contribution >= 4 is 17.5 Å². The van der Waals surface area contributed by atoms with Crippen molar-refractivity contribution in [1.82, 2.24) is 9.78 Å². The fourth-order valence-electron chi connectivity index (χ4n) is 2.83. The van der Waals surface area contributed by atoms with Crippen LogP contribution in [0.3, 0.4) is 0 Å². The van der Waals surface area contributed by atoms with E-state index in [-0.39, 0.29) is 17.6 Å². The number of esters is 1. The summed E-state index contributed by atoms with van der Waals surface area (Å²) < 4.78 is 6.57. The van der Waals surface area contributed by atoms with E-state index in [9.17, 15) is 14.9 Å². The van der Waals surface area contributed by atoms with Crippen LogP contribution in [0.1, 0.15) is 25.5 Å². The van der Waals surface area contributed by atoms with Crippen molar-refractivity contribution in [3.05, 3.63) is 15.8 Å². The average Bonchev–Trinajstić information content (AvgIpc) is 2.74. The Balaban J connectivity index is 2.26. The predicted molar refractivity (Wildman–Crippen MR) is 76.2 cm³/mol. The van der Waals surface area contributed by atoms with Crippen LogP contribution in [0.2, 0.25) is 0 Å². The lowest BCUT2D eigenvalue weighted by atomic mass is 9.98. The van der Waals surface area contributed by atoms with E-state index < -0.39 is 4.92 Å². The lowest BCUT2D eigenvalue weighted by Gasteiger charge is -2.32. The molecule has 116 valence electrons. The third kappa shape index (κ3) is 2.98. The Bertz CT molecular complexity index is 555. The summed E-state index contributed by atoms with van der Waals surface area (Å²) >= 11 is 0. The fraction of sp³-hybridized carbons (Fsp3) is 0.692. The minimum absolute atomic E-state index is 0.0157. The van der Waals surface area contributed by atoms with E-state index in [2.05, 4.69) is 5.10 Å². The van der Waals surface area contributed by atoms with Crippen molar-refractivity contribution in [3.63, 3.8) is 0 Å². The molecule has 0 radical (unpaired) electrons. The number of nitro groups is 1. The maximum Gasteiger partial charge on any atom is 0.333 e. The summed E-state index contributed by atoms with van der Waals surface area (Å²) in [5.41, 5.74) is 0.401. The molecule has 8 heteroatoms. The second kappa shape index (κ2) is 6.11. The number of aromatic nitrogens is 2. The highest BCUT2D eigenvalue weighted by molar-refractivity contribution is 5.74. The van der Waals surface area contributed by atoms with E-state index in [4.69, 9.17) is 4.74 Å². The molecule has 1 aromatic heterocycles. The number of aryl methyl sites for hydroxylation is 2. The highest BCUT2D eigenvalue weighted by Gasteiger charge is 2.34. The van der Waals surface area contributed by atoms with Crippen molar-refractivity contribution < 1.29 is 14.5 Å². The normalized spacial score (nSPS) is 18.6.